The number of hydrogen-bond donors (Lipinski definition) is 8. The predicted octanol–water partition coefficient (Wildman–Crippen LogP) is -4.47. The second kappa shape index (κ2) is 10.4. The highest BCUT2D eigenvalue weighted by atomic mass is 16.6. The van der Waals surface area contributed by atoms with Gasteiger partial charge in [0, 0.05) is 6.54 Å². The fraction of sp³-hybridized carbons (Fsp3) is 0.667. The van der Waals surface area contributed by atoms with Gasteiger partial charge >= 0.3 is 17.9 Å². The topological polar surface area (TPSA) is 252 Å². The van der Waals surface area contributed by atoms with Crippen molar-refractivity contribution in [3.05, 3.63) is 0 Å². The third-order valence-electron chi connectivity index (χ3n) is 2.99. The number of carboxylic acids is 2. The zero-order chi connectivity index (χ0) is 19.7. The highest BCUT2D eigenvalue weighted by molar-refractivity contribution is 5.81. The van der Waals surface area contributed by atoms with E-state index in [1.54, 1.807) is 0 Å². The van der Waals surface area contributed by atoms with E-state index in [-0.39, 0.29) is 25.3 Å². The van der Waals surface area contributed by atoms with Crippen LogP contribution in [0.1, 0.15) is 12.8 Å². The fourth-order valence-electron chi connectivity index (χ4n) is 1.63. The Bertz CT molecular complexity index is 509. The normalized spacial score (nSPS) is 16.8. The molecule has 5 atom stereocenters. The molecule has 0 heterocycles. The van der Waals surface area contributed by atoms with Crippen LogP contribution in [0, 0.1) is 0 Å². The molecule has 0 saturated heterocycles. The summed E-state index contributed by atoms with van der Waals surface area (Å²) in [7, 11) is 0. The first-order valence-electron chi connectivity index (χ1n) is 7.00. The first-order valence-corrected chi connectivity index (χ1v) is 7.00. The molecule has 13 nitrogen and oxygen atoms in total. The molecule has 0 radical (unpaired) electrons. The number of carboxylic acid groups (broad SMARTS) is 2. The third-order valence-corrected chi connectivity index (χ3v) is 2.99. The number of aliphatic carboxylic acids is 2. The van der Waals surface area contributed by atoms with E-state index in [4.69, 9.17) is 32.5 Å². The molecule has 11 N–H and O–H groups in total. The number of carbonyl (C=O) groups excluding carboxylic acids is 1. The summed E-state index contributed by atoms with van der Waals surface area (Å²) in [5.41, 5.74) is 15.7. The minimum absolute atomic E-state index is 0.0261. The molecule has 144 valence electrons. The van der Waals surface area contributed by atoms with Crippen LogP contribution in [-0.2, 0) is 19.1 Å². The average Bonchev–Trinajstić information content (AvgIpc) is 2.53. The van der Waals surface area contributed by atoms with E-state index < -0.39 is 48.4 Å². The lowest BCUT2D eigenvalue weighted by molar-refractivity contribution is -0.185. The van der Waals surface area contributed by atoms with Crippen LogP contribution in [0.5, 0.6) is 0 Å². The molecule has 0 aliphatic heterocycles. The van der Waals surface area contributed by atoms with E-state index in [0.717, 1.165) is 0 Å². The van der Waals surface area contributed by atoms with Gasteiger partial charge in [0.05, 0.1) is 0 Å². The summed E-state index contributed by atoms with van der Waals surface area (Å²) in [5, 5.41) is 45.7. The van der Waals surface area contributed by atoms with Gasteiger partial charge in [-0.2, -0.15) is 0 Å². The summed E-state index contributed by atoms with van der Waals surface area (Å²) in [6.07, 6.45) is -9.33. The number of carbonyl (C=O) groups is 3. The summed E-state index contributed by atoms with van der Waals surface area (Å²) in [4.78, 5) is 37.0. The molecule has 0 saturated carbocycles. The van der Waals surface area contributed by atoms with Gasteiger partial charge in [-0.3, -0.25) is 9.79 Å². The molecule has 25 heavy (non-hydrogen) atoms. The van der Waals surface area contributed by atoms with Crippen molar-refractivity contribution in [1.82, 2.24) is 0 Å². The lowest BCUT2D eigenvalue weighted by Crippen LogP contribution is -2.52. The number of hydrogen-bond acceptors (Lipinski definition) is 9. The Morgan fingerprint density at radius 2 is 1.56 bits per heavy atom. The molecule has 0 fully saturated rings. The lowest BCUT2D eigenvalue weighted by Gasteiger charge is -2.26. The van der Waals surface area contributed by atoms with Gasteiger partial charge in [0.1, 0.15) is 18.2 Å². The Hall–Kier alpha value is -2.48. The maximum Gasteiger partial charge on any atom is 0.347 e. The van der Waals surface area contributed by atoms with E-state index in [0.29, 0.717) is 0 Å². The first-order chi connectivity index (χ1) is 11.5. The summed E-state index contributed by atoms with van der Waals surface area (Å²) < 4.78 is 4.50. The summed E-state index contributed by atoms with van der Waals surface area (Å²) in [6.45, 7) is 0.164. The summed E-state index contributed by atoms with van der Waals surface area (Å²) in [6, 6.07) is -1.27. The Labute approximate surface area is 141 Å². The van der Waals surface area contributed by atoms with E-state index in [9.17, 15) is 24.6 Å². The predicted molar refractivity (Wildman–Crippen MR) is 81.1 cm³/mol. The largest absolute Gasteiger partial charge is 0.479 e. The van der Waals surface area contributed by atoms with Crippen molar-refractivity contribution in [2.24, 2.45) is 22.2 Å². The molecule has 13 heteroatoms. The standard InChI is InChI=1S/C12H22N4O9/c13-4(2-1-3-16-12(14)15)11(24)25-8(10(22)23)6(18)5(17)7(19)9(20)21/h4-8,17-19H,1-3,13H2,(H,20,21)(H,22,23)(H4,14,15,16)/t4-,5-,6-,7-,8+/m0/s1. The first kappa shape index (κ1) is 22.5. The summed E-state index contributed by atoms with van der Waals surface area (Å²) >= 11 is 0. The van der Waals surface area contributed by atoms with Crippen molar-refractivity contribution in [2.75, 3.05) is 6.54 Å². The number of aliphatic imine (C=N–C) groups is 1. The molecule has 0 bridgehead atoms. The zero-order valence-corrected chi connectivity index (χ0v) is 13.1. The highest BCUT2D eigenvalue weighted by Gasteiger charge is 2.41. The van der Waals surface area contributed by atoms with Crippen LogP contribution < -0.4 is 17.2 Å². The fourth-order valence-corrected chi connectivity index (χ4v) is 1.63. The Morgan fingerprint density at radius 3 is 2.00 bits per heavy atom. The maximum atomic E-state index is 11.7. The van der Waals surface area contributed by atoms with Crippen LogP contribution in [0.25, 0.3) is 0 Å². The number of nitrogens with zero attached hydrogens (tertiary/aromatic N) is 1. The van der Waals surface area contributed by atoms with Gasteiger partial charge in [0.15, 0.2) is 12.1 Å². The van der Waals surface area contributed by atoms with Crippen molar-refractivity contribution < 1.29 is 44.7 Å². The Balaban J connectivity index is 4.79. The van der Waals surface area contributed by atoms with Crippen LogP contribution >= 0.6 is 0 Å². The van der Waals surface area contributed by atoms with Gasteiger partial charge in [-0.1, -0.05) is 0 Å². The molecule has 0 aromatic heterocycles. The molecule has 0 aliphatic rings. The number of rotatable bonds is 11. The monoisotopic (exact) mass is 366 g/mol. The lowest BCUT2D eigenvalue weighted by atomic mass is 10.0. The highest BCUT2D eigenvalue weighted by Crippen LogP contribution is 2.11. The smallest absolute Gasteiger partial charge is 0.347 e. The second-order valence-electron chi connectivity index (χ2n) is 5.02. The molecular weight excluding hydrogens is 344 g/mol. The van der Waals surface area contributed by atoms with Crippen LogP contribution in [0.15, 0.2) is 4.99 Å². The Morgan fingerprint density at radius 1 is 1.00 bits per heavy atom. The van der Waals surface area contributed by atoms with Gasteiger partial charge in [-0.05, 0) is 12.8 Å². The number of nitrogens with two attached hydrogens (primary N) is 3. The van der Waals surface area contributed by atoms with Crippen LogP contribution in [-0.4, -0.2) is 86.4 Å². The van der Waals surface area contributed by atoms with Gasteiger partial charge < -0.3 is 47.5 Å². The van der Waals surface area contributed by atoms with Crippen molar-refractivity contribution >= 4 is 23.9 Å². The summed E-state index contributed by atoms with van der Waals surface area (Å²) in [5.74, 6) is -5.15. The quantitative estimate of drug-likeness (QED) is 0.0745. The minimum atomic E-state index is -2.48. The number of aliphatic hydroxyl groups excluding tert-OH is 3. The molecule has 0 rings (SSSR count). The molecular formula is C12H22N4O9. The van der Waals surface area contributed by atoms with E-state index in [1.807, 2.05) is 0 Å². The number of ether oxygens (including phenoxy) is 1. The SMILES string of the molecule is NC(N)=NCCC[C@H](N)C(=O)O[C@@H](C(=O)O)[C@@H](O)[C@H](O)[C@H](O)C(=O)O. The molecule has 0 spiro atoms. The van der Waals surface area contributed by atoms with Gasteiger partial charge in [-0.25, -0.2) is 9.59 Å². The van der Waals surface area contributed by atoms with Crippen LogP contribution in [0.3, 0.4) is 0 Å². The van der Waals surface area contributed by atoms with Crippen molar-refractivity contribution in [2.45, 2.75) is 43.3 Å². The van der Waals surface area contributed by atoms with Crippen LogP contribution in [0.2, 0.25) is 0 Å². The number of esters is 1. The van der Waals surface area contributed by atoms with Crippen LogP contribution in [0.4, 0.5) is 0 Å². The minimum Gasteiger partial charge on any atom is -0.479 e. The number of guanidine groups is 1. The molecule has 0 unspecified atom stereocenters. The molecule has 0 aliphatic carbocycles. The van der Waals surface area contributed by atoms with Crippen molar-refractivity contribution in [3.8, 4) is 0 Å². The molecule has 0 aromatic rings. The zero-order valence-electron chi connectivity index (χ0n) is 13.1. The molecule has 0 amide bonds. The second-order valence-corrected chi connectivity index (χ2v) is 5.02. The number of aliphatic hydroxyl groups is 3. The Kier molecular flexibility index (Phi) is 9.37. The van der Waals surface area contributed by atoms with E-state index in [1.165, 1.54) is 0 Å². The molecule has 0 aromatic carbocycles. The van der Waals surface area contributed by atoms with E-state index >= 15 is 0 Å². The van der Waals surface area contributed by atoms with Gasteiger partial charge in [0.2, 0.25) is 6.10 Å². The van der Waals surface area contributed by atoms with Gasteiger partial charge in [0.25, 0.3) is 0 Å². The third kappa shape index (κ3) is 7.75. The van der Waals surface area contributed by atoms with Gasteiger partial charge in [-0.15, -0.1) is 0 Å². The maximum absolute atomic E-state index is 11.7. The van der Waals surface area contributed by atoms with Crippen molar-refractivity contribution in [3.63, 3.8) is 0 Å². The van der Waals surface area contributed by atoms with E-state index in [2.05, 4.69) is 9.73 Å². The van der Waals surface area contributed by atoms with Crippen molar-refractivity contribution in [1.29, 1.82) is 0 Å². The average molecular weight is 366 g/mol.